The third kappa shape index (κ3) is 4.65. The van der Waals surface area contributed by atoms with Crippen LogP contribution in [0.2, 0.25) is 0 Å². The fourth-order valence-corrected chi connectivity index (χ4v) is 1.38. The molecule has 1 aromatic carbocycles. The molecule has 0 aromatic heterocycles. The molecule has 1 radical (unpaired) electrons. The van der Waals surface area contributed by atoms with Gasteiger partial charge in [-0.1, -0.05) is 0 Å². The molecular formula is C12H14F3O2. The zero-order valence-corrected chi connectivity index (χ0v) is 9.46. The lowest BCUT2D eigenvalue weighted by Gasteiger charge is -2.14. The molecule has 0 saturated heterocycles. The summed E-state index contributed by atoms with van der Waals surface area (Å²) in [6.07, 6.45) is -3.39. The SMILES string of the molecule is CC(CCC[O])Oc1ccc(C(F)(F)F)cc1. The predicted molar refractivity (Wildman–Crippen MR) is 56.3 cm³/mol. The van der Waals surface area contributed by atoms with Gasteiger partial charge < -0.3 is 4.74 Å². The first-order chi connectivity index (χ1) is 7.93. The Balaban J connectivity index is 2.56. The molecule has 0 bridgehead atoms. The number of halogens is 3. The van der Waals surface area contributed by atoms with Crippen LogP contribution in [-0.2, 0) is 11.3 Å². The Hall–Kier alpha value is -1.23. The van der Waals surface area contributed by atoms with E-state index >= 15 is 0 Å². The third-order valence-electron chi connectivity index (χ3n) is 2.27. The van der Waals surface area contributed by atoms with Crippen LogP contribution in [0.5, 0.6) is 5.75 Å². The smallest absolute Gasteiger partial charge is 0.416 e. The highest BCUT2D eigenvalue weighted by Crippen LogP contribution is 2.30. The minimum Gasteiger partial charge on any atom is -0.491 e. The van der Waals surface area contributed by atoms with E-state index in [0.717, 1.165) is 12.1 Å². The Morgan fingerprint density at radius 2 is 1.82 bits per heavy atom. The first-order valence-corrected chi connectivity index (χ1v) is 5.35. The molecule has 2 nitrogen and oxygen atoms in total. The molecule has 0 fully saturated rings. The van der Waals surface area contributed by atoms with E-state index in [1.807, 2.05) is 0 Å². The summed E-state index contributed by atoms with van der Waals surface area (Å²) in [4.78, 5) is 0. The van der Waals surface area contributed by atoms with E-state index in [9.17, 15) is 18.3 Å². The van der Waals surface area contributed by atoms with Crippen molar-refractivity contribution in [2.75, 3.05) is 6.61 Å². The van der Waals surface area contributed by atoms with E-state index in [-0.39, 0.29) is 12.7 Å². The normalized spacial score (nSPS) is 13.5. The van der Waals surface area contributed by atoms with Crippen molar-refractivity contribution in [3.05, 3.63) is 29.8 Å². The number of hydrogen-bond donors (Lipinski definition) is 0. The Morgan fingerprint density at radius 1 is 1.24 bits per heavy atom. The van der Waals surface area contributed by atoms with Crippen molar-refractivity contribution < 1.29 is 23.0 Å². The number of ether oxygens (including phenoxy) is 1. The van der Waals surface area contributed by atoms with E-state index in [0.29, 0.717) is 18.6 Å². The molecule has 1 aromatic rings. The van der Waals surface area contributed by atoms with Gasteiger partial charge in [-0.05, 0) is 44.0 Å². The van der Waals surface area contributed by atoms with E-state index in [2.05, 4.69) is 0 Å². The summed E-state index contributed by atoms with van der Waals surface area (Å²) >= 11 is 0. The summed E-state index contributed by atoms with van der Waals surface area (Å²) in [5.74, 6) is 0.386. The van der Waals surface area contributed by atoms with Gasteiger partial charge in [0, 0.05) is 0 Å². The molecule has 0 saturated carbocycles. The van der Waals surface area contributed by atoms with E-state index in [4.69, 9.17) is 4.74 Å². The van der Waals surface area contributed by atoms with Crippen LogP contribution in [0.25, 0.3) is 0 Å². The summed E-state index contributed by atoms with van der Waals surface area (Å²) in [5.41, 5.74) is -0.697. The maximum Gasteiger partial charge on any atom is 0.416 e. The number of benzene rings is 1. The molecule has 1 rings (SSSR count). The zero-order chi connectivity index (χ0) is 12.9. The van der Waals surface area contributed by atoms with Crippen LogP contribution < -0.4 is 4.74 Å². The highest BCUT2D eigenvalue weighted by Gasteiger charge is 2.30. The van der Waals surface area contributed by atoms with Gasteiger partial charge in [0.15, 0.2) is 0 Å². The summed E-state index contributed by atoms with van der Waals surface area (Å²) in [6.45, 7) is 1.62. The first kappa shape index (κ1) is 13.8. The Labute approximate surface area is 98.0 Å². The molecule has 1 unspecified atom stereocenters. The van der Waals surface area contributed by atoms with Crippen LogP contribution >= 0.6 is 0 Å². The van der Waals surface area contributed by atoms with Crippen molar-refractivity contribution in [1.29, 1.82) is 0 Å². The monoisotopic (exact) mass is 247 g/mol. The van der Waals surface area contributed by atoms with Crippen LogP contribution in [0.3, 0.4) is 0 Å². The molecule has 0 aliphatic heterocycles. The van der Waals surface area contributed by atoms with Crippen molar-refractivity contribution in [3.8, 4) is 5.75 Å². The second-order valence-electron chi connectivity index (χ2n) is 3.80. The summed E-state index contributed by atoms with van der Waals surface area (Å²) < 4.78 is 42.2. The highest BCUT2D eigenvalue weighted by atomic mass is 19.4. The minimum atomic E-state index is -4.33. The lowest BCUT2D eigenvalue weighted by Crippen LogP contribution is -2.12. The molecule has 5 heteroatoms. The number of hydrogen-bond acceptors (Lipinski definition) is 1. The van der Waals surface area contributed by atoms with Crippen molar-refractivity contribution in [2.24, 2.45) is 0 Å². The highest BCUT2D eigenvalue weighted by molar-refractivity contribution is 5.28. The van der Waals surface area contributed by atoms with Crippen LogP contribution in [0.4, 0.5) is 13.2 Å². The molecule has 95 valence electrons. The topological polar surface area (TPSA) is 29.1 Å². The lowest BCUT2D eigenvalue weighted by molar-refractivity contribution is -0.137. The Morgan fingerprint density at radius 3 is 2.29 bits per heavy atom. The lowest BCUT2D eigenvalue weighted by atomic mass is 10.2. The fourth-order valence-electron chi connectivity index (χ4n) is 1.38. The Bertz CT molecular complexity index is 333. The third-order valence-corrected chi connectivity index (χ3v) is 2.27. The van der Waals surface area contributed by atoms with Gasteiger partial charge in [-0.2, -0.15) is 13.2 Å². The summed E-state index contributed by atoms with van der Waals surface area (Å²) in [6, 6.07) is 4.54. The fraction of sp³-hybridized carbons (Fsp3) is 0.500. The van der Waals surface area contributed by atoms with Crippen LogP contribution in [0.15, 0.2) is 24.3 Å². The molecule has 0 amide bonds. The van der Waals surface area contributed by atoms with Gasteiger partial charge >= 0.3 is 6.18 Å². The molecule has 0 aliphatic rings. The first-order valence-electron chi connectivity index (χ1n) is 5.35. The number of alkyl halides is 3. The second-order valence-corrected chi connectivity index (χ2v) is 3.80. The van der Waals surface area contributed by atoms with E-state index in [1.54, 1.807) is 6.92 Å². The second kappa shape index (κ2) is 5.91. The average Bonchev–Trinajstić information content (AvgIpc) is 2.26. The quantitative estimate of drug-likeness (QED) is 0.780. The van der Waals surface area contributed by atoms with Gasteiger partial charge in [0.25, 0.3) is 0 Å². The molecule has 0 spiro atoms. The molecule has 0 aliphatic carbocycles. The van der Waals surface area contributed by atoms with Gasteiger partial charge in [-0.25, -0.2) is 5.11 Å². The Kier molecular flexibility index (Phi) is 4.81. The standard InChI is InChI=1S/C12H14F3O2/c1-9(3-2-8-16)17-11-6-4-10(5-7-11)12(13,14)15/h4-7,9H,2-3,8H2,1H3. The molecule has 1 atom stereocenters. The molecule has 0 heterocycles. The predicted octanol–water partition coefficient (Wildman–Crippen LogP) is 3.68. The summed E-state index contributed by atoms with van der Waals surface area (Å²) in [5, 5.41) is 10.3. The maximum atomic E-state index is 12.3. The van der Waals surface area contributed by atoms with Gasteiger partial charge in [-0.15, -0.1) is 0 Å². The largest absolute Gasteiger partial charge is 0.491 e. The van der Waals surface area contributed by atoms with Gasteiger partial charge in [-0.3, -0.25) is 0 Å². The molecular weight excluding hydrogens is 233 g/mol. The van der Waals surface area contributed by atoms with Crippen molar-refractivity contribution >= 4 is 0 Å². The van der Waals surface area contributed by atoms with Gasteiger partial charge in [0.05, 0.1) is 18.3 Å². The van der Waals surface area contributed by atoms with Crippen LogP contribution in [0, 0.1) is 0 Å². The van der Waals surface area contributed by atoms with Crippen molar-refractivity contribution in [1.82, 2.24) is 0 Å². The van der Waals surface area contributed by atoms with Crippen LogP contribution in [-0.4, -0.2) is 12.7 Å². The van der Waals surface area contributed by atoms with Gasteiger partial charge in [0.1, 0.15) is 5.75 Å². The average molecular weight is 247 g/mol. The van der Waals surface area contributed by atoms with Crippen molar-refractivity contribution in [3.63, 3.8) is 0 Å². The van der Waals surface area contributed by atoms with Gasteiger partial charge in [0.2, 0.25) is 0 Å². The maximum absolute atomic E-state index is 12.3. The molecule has 0 N–H and O–H groups in total. The van der Waals surface area contributed by atoms with E-state index < -0.39 is 11.7 Å². The number of rotatable bonds is 5. The summed E-state index contributed by atoms with van der Waals surface area (Å²) in [7, 11) is 0. The van der Waals surface area contributed by atoms with Crippen molar-refractivity contribution in [2.45, 2.75) is 32.0 Å². The van der Waals surface area contributed by atoms with Crippen LogP contribution in [0.1, 0.15) is 25.3 Å². The zero-order valence-electron chi connectivity index (χ0n) is 9.46. The molecule has 17 heavy (non-hydrogen) atoms. The van der Waals surface area contributed by atoms with E-state index in [1.165, 1.54) is 12.1 Å². The minimum absolute atomic E-state index is 0.166.